The summed E-state index contributed by atoms with van der Waals surface area (Å²) in [5.41, 5.74) is -0.0770. The topological polar surface area (TPSA) is 40.6 Å². The summed E-state index contributed by atoms with van der Waals surface area (Å²) in [6.07, 6.45) is 3.60. The molecule has 0 saturated carbocycles. The molecule has 2 aliphatic rings. The minimum Gasteiger partial charge on any atom is -0.339 e. The second-order valence-electron chi connectivity index (χ2n) is 6.80. The molecule has 18 heavy (non-hydrogen) atoms. The number of carbonyl (C=O) groups is 2. The van der Waals surface area contributed by atoms with Crippen molar-refractivity contribution in [1.29, 1.82) is 0 Å². The first-order valence-electron chi connectivity index (χ1n) is 6.79. The summed E-state index contributed by atoms with van der Waals surface area (Å²) in [6, 6.07) is 0.333. The lowest BCUT2D eigenvalue weighted by atomic mass is 9.75. The number of aldehydes is 1. The fourth-order valence-corrected chi connectivity index (χ4v) is 3.77. The molecule has 1 amide bonds. The Morgan fingerprint density at radius 2 is 1.78 bits per heavy atom. The predicted octanol–water partition coefficient (Wildman–Crippen LogP) is 1.44. The van der Waals surface area contributed by atoms with Gasteiger partial charge in [0, 0.05) is 30.1 Å². The van der Waals surface area contributed by atoms with Gasteiger partial charge in [0.1, 0.15) is 6.29 Å². The van der Waals surface area contributed by atoms with Crippen LogP contribution in [0.25, 0.3) is 0 Å². The monoisotopic (exact) mass is 252 g/mol. The number of hydrogen-bond donors (Lipinski definition) is 0. The lowest BCUT2D eigenvalue weighted by Crippen LogP contribution is -2.66. The first-order valence-corrected chi connectivity index (χ1v) is 6.79. The summed E-state index contributed by atoms with van der Waals surface area (Å²) in [6.45, 7) is 10.1. The number of hydrogen-bond acceptors (Lipinski definition) is 3. The number of piperidine rings is 1. The van der Waals surface area contributed by atoms with Gasteiger partial charge in [0.05, 0.1) is 6.54 Å². The number of amides is 1. The van der Waals surface area contributed by atoms with Crippen LogP contribution in [-0.4, -0.2) is 52.2 Å². The van der Waals surface area contributed by atoms with Gasteiger partial charge in [-0.1, -0.05) is 0 Å². The van der Waals surface area contributed by atoms with Gasteiger partial charge < -0.3 is 9.69 Å². The van der Waals surface area contributed by atoms with Gasteiger partial charge in [-0.05, 0) is 40.5 Å². The van der Waals surface area contributed by atoms with E-state index in [2.05, 4.69) is 32.6 Å². The first kappa shape index (κ1) is 13.5. The summed E-state index contributed by atoms with van der Waals surface area (Å²) in [7, 11) is 0. The van der Waals surface area contributed by atoms with Crippen LogP contribution in [0.4, 0.5) is 0 Å². The van der Waals surface area contributed by atoms with E-state index in [4.69, 9.17) is 0 Å². The zero-order valence-corrected chi connectivity index (χ0v) is 11.9. The Hall–Kier alpha value is -0.900. The van der Waals surface area contributed by atoms with Crippen molar-refractivity contribution in [3.8, 4) is 0 Å². The molecule has 0 atom stereocenters. The van der Waals surface area contributed by atoms with E-state index in [9.17, 15) is 9.59 Å². The summed E-state index contributed by atoms with van der Waals surface area (Å²) in [4.78, 5) is 26.8. The molecule has 2 rings (SSSR count). The van der Waals surface area contributed by atoms with Gasteiger partial charge in [-0.25, -0.2) is 0 Å². The van der Waals surface area contributed by atoms with Crippen LogP contribution >= 0.6 is 0 Å². The molecule has 2 fully saturated rings. The molecule has 0 aromatic heterocycles. The molecule has 0 spiro atoms. The number of carbonyl (C=O) groups excluding carboxylic acids is 2. The van der Waals surface area contributed by atoms with Gasteiger partial charge in [0.15, 0.2) is 0 Å². The van der Waals surface area contributed by atoms with E-state index in [1.54, 1.807) is 0 Å². The van der Waals surface area contributed by atoms with Crippen molar-refractivity contribution in [2.45, 2.75) is 64.1 Å². The highest BCUT2D eigenvalue weighted by Crippen LogP contribution is 2.40. The van der Waals surface area contributed by atoms with Crippen LogP contribution in [0.5, 0.6) is 0 Å². The summed E-state index contributed by atoms with van der Waals surface area (Å²) in [5, 5.41) is 0. The molecule has 0 unspecified atom stereocenters. The summed E-state index contributed by atoms with van der Waals surface area (Å²) >= 11 is 0. The third-order valence-electron chi connectivity index (χ3n) is 4.52. The highest BCUT2D eigenvalue weighted by Gasteiger charge is 2.48. The van der Waals surface area contributed by atoms with Gasteiger partial charge >= 0.3 is 0 Å². The van der Waals surface area contributed by atoms with E-state index in [1.165, 1.54) is 0 Å². The second-order valence-corrected chi connectivity index (χ2v) is 6.80. The van der Waals surface area contributed by atoms with E-state index in [-0.39, 0.29) is 17.0 Å². The highest BCUT2D eigenvalue weighted by atomic mass is 16.2. The van der Waals surface area contributed by atoms with Gasteiger partial charge in [0.25, 0.3) is 0 Å². The van der Waals surface area contributed by atoms with Gasteiger partial charge in [-0.15, -0.1) is 0 Å². The zero-order valence-electron chi connectivity index (χ0n) is 11.9. The third-order valence-corrected chi connectivity index (χ3v) is 4.52. The normalized spacial score (nSPS) is 28.0. The SMILES string of the molecule is CC1(C)CC(N2CCC2=O)CC(C)(C)N1CC=O. The van der Waals surface area contributed by atoms with E-state index in [0.717, 1.165) is 25.7 Å². The van der Waals surface area contributed by atoms with Crippen molar-refractivity contribution in [2.24, 2.45) is 0 Å². The summed E-state index contributed by atoms with van der Waals surface area (Å²) in [5.74, 6) is 0.287. The number of rotatable bonds is 3. The Morgan fingerprint density at radius 3 is 2.11 bits per heavy atom. The number of nitrogens with zero attached hydrogens (tertiary/aromatic N) is 2. The van der Waals surface area contributed by atoms with Crippen molar-refractivity contribution in [1.82, 2.24) is 9.80 Å². The third kappa shape index (κ3) is 2.18. The van der Waals surface area contributed by atoms with Crippen LogP contribution in [0.1, 0.15) is 47.0 Å². The largest absolute Gasteiger partial charge is 0.339 e. The molecule has 0 aromatic carbocycles. The average molecular weight is 252 g/mol. The molecule has 4 nitrogen and oxygen atoms in total. The zero-order chi connectivity index (χ0) is 13.6. The number of β-lactam (4-membered cyclic amide) rings is 1. The van der Waals surface area contributed by atoms with Crippen LogP contribution in [0.3, 0.4) is 0 Å². The molecule has 2 heterocycles. The lowest BCUT2D eigenvalue weighted by molar-refractivity contribution is -0.150. The molecular weight excluding hydrogens is 228 g/mol. The maximum absolute atomic E-state index is 11.6. The van der Waals surface area contributed by atoms with E-state index >= 15 is 0 Å². The van der Waals surface area contributed by atoms with Crippen molar-refractivity contribution >= 4 is 12.2 Å². The fraction of sp³-hybridized carbons (Fsp3) is 0.857. The van der Waals surface area contributed by atoms with Crippen LogP contribution < -0.4 is 0 Å². The average Bonchev–Trinajstić information content (AvgIpc) is 2.20. The number of likely N-dealkylation sites (tertiary alicyclic amines) is 2. The van der Waals surface area contributed by atoms with Gasteiger partial charge in [-0.2, -0.15) is 0 Å². The maximum atomic E-state index is 11.6. The molecule has 0 aliphatic carbocycles. The van der Waals surface area contributed by atoms with Crippen LogP contribution in [0.2, 0.25) is 0 Å². The standard InChI is InChI=1S/C14H24N2O2/c1-13(2)9-11(15-6-5-12(15)18)10-14(3,4)16(13)7-8-17/h8,11H,5-7,9-10H2,1-4H3. The quantitative estimate of drug-likeness (QED) is 0.564. The summed E-state index contributed by atoms with van der Waals surface area (Å²) < 4.78 is 0. The molecule has 0 bridgehead atoms. The molecule has 102 valence electrons. The first-order chi connectivity index (χ1) is 8.28. The second kappa shape index (κ2) is 4.34. The maximum Gasteiger partial charge on any atom is 0.224 e. The lowest BCUT2D eigenvalue weighted by Gasteiger charge is -2.57. The Balaban J connectivity index is 2.18. The van der Waals surface area contributed by atoms with Crippen molar-refractivity contribution in [2.75, 3.05) is 13.1 Å². The molecular formula is C14H24N2O2. The minimum absolute atomic E-state index is 0.0385. The van der Waals surface area contributed by atoms with Crippen molar-refractivity contribution in [3.05, 3.63) is 0 Å². The Kier molecular flexibility index (Phi) is 3.26. The van der Waals surface area contributed by atoms with Crippen LogP contribution in [-0.2, 0) is 9.59 Å². The Bertz CT molecular complexity index is 345. The van der Waals surface area contributed by atoms with Gasteiger partial charge in [-0.3, -0.25) is 9.69 Å². The minimum atomic E-state index is -0.0385. The molecule has 2 saturated heterocycles. The molecule has 0 N–H and O–H groups in total. The molecule has 0 radical (unpaired) electrons. The Labute approximate surface area is 109 Å². The Morgan fingerprint density at radius 1 is 1.22 bits per heavy atom. The highest BCUT2D eigenvalue weighted by molar-refractivity contribution is 5.82. The van der Waals surface area contributed by atoms with Crippen LogP contribution in [0.15, 0.2) is 0 Å². The van der Waals surface area contributed by atoms with E-state index in [1.807, 2.05) is 4.90 Å². The van der Waals surface area contributed by atoms with Gasteiger partial charge in [0.2, 0.25) is 5.91 Å². The molecule has 2 aliphatic heterocycles. The molecule has 0 aromatic rings. The predicted molar refractivity (Wildman–Crippen MR) is 70.3 cm³/mol. The fourth-order valence-electron chi connectivity index (χ4n) is 3.77. The van der Waals surface area contributed by atoms with E-state index in [0.29, 0.717) is 19.0 Å². The van der Waals surface area contributed by atoms with Crippen LogP contribution in [0, 0.1) is 0 Å². The smallest absolute Gasteiger partial charge is 0.224 e. The van der Waals surface area contributed by atoms with Crippen molar-refractivity contribution in [3.63, 3.8) is 0 Å². The van der Waals surface area contributed by atoms with E-state index < -0.39 is 0 Å². The van der Waals surface area contributed by atoms with Crippen molar-refractivity contribution < 1.29 is 9.59 Å². The molecule has 4 heteroatoms.